The molecule has 2 aromatic carbocycles. The second-order valence-electron chi connectivity index (χ2n) is 8.33. The minimum absolute atomic E-state index is 0.305. The number of unbranched alkanes of at least 4 members (excludes halogenated alkanes) is 6. The Bertz CT molecular complexity index is 596. The number of aromatic hydroxyl groups is 2. The monoisotopic (exact) mass is 382 g/mol. The van der Waals surface area contributed by atoms with Gasteiger partial charge in [-0.25, -0.2) is 0 Å². The zero-order chi connectivity index (χ0) is 20.2. The molecule has 0 spiro atoms. The fraction of sp³-hybridized carbons (Fsp3) is 0.538. The summed E-state index contributed by atoms with van der Waals surface area (Å²) >= 11 is 0. The summed E-state index contributed by atoms with van der Waals surface area (Å²) < 4.78 is 0. The van der Waals surface area contributed by atoms with E-state index in [-0.39, 0.29) is 0 Å². The first kappa shape index (κ1) is 22.3. The molecule has 2 heteroatoms. The van der Waals surface area contributed by atoms with Crippen LogP contribution in [-0.2, 0) is 0 Å². The van der Waals surface area contributed by atoms with Gasteiger partial charge in [-0.05, 0) is 47.7 Å². The molecule has 1 saturated carbocycles. The summed E-state index contributed by atoms with van der Waals surface area (Å²) in [6, 6.07) is 15.1. The lowest BCUT2D eigenvalue weighted by Crippen LogP contribution is -2.01. The molecule has 0 unspecified atom stereocenters. The Labute approximate surface area is 171 Å². The molecule has 1 aliphatic carbocycles. The highest BCUT2D eigenvalue weighted by Gasteiger charge is 2.14. The summed E-state index contributed by atoms with van der Waals surface area (Å²) in [5.41, 5.74) is 2.45. The van der Waals surface area contributed by atoms with Gasteiger partial charge in [0, 0.05) is 5.92 Å². The molecule has 0 saturated heterocycles. The number of hydrogen-bond acceptors (Lipinski definition) is 2. The molecule has 3 rings (SSSR count). The summed E-state index contributed by atoms with van der Waals surface area (Å²) in [7, 11) is 0. The highest BCUT2D eigenvalue weighted by Crippen LogP contribution is 2.32. The number of hydrogen-bond donors (Lipinski definition) is 2. The van der Waals surface area contributed by atoms with E-state index in [0.29, 0.717) is 17.4 Å². The molecule has 0 radical (unpaired) electrons. The molecule has 1 fully saturated rings. The van der Waals surface area contributed by atoms with Gasteiger partial charge in [0.25, 0.3) is 0 Å². The number of rotatable bonds is 10. The van der Waals surface area contributed by atoms with E-state index in [1.54, 1.807) is 24.3 Å². The van der Waals surface area contributed by atoms with Crippen molar-refractivity contribution >= 4 is 0 Å². The third kappa shape index (κ3) is 8.82. The third-order valence-electron chi connectivity index (χ3n) is 5.55. The summed E-state index contributed by atoms with van der Waals surface area (Å²) in [6.45, 7) is 4.53. The van der Waals surface area contributed by atoms with Gasteiger partial charge in [-0.2, -0.15) is 0 Å². The van der Waals surface area contributed by atoms with Crippen LogP contribution < -0.4 is 0 Å². The summed E-state index contributed by atoms with van der Waals surface area (Å²) in [4.78, 5) is 0. The molecule has 28 heavy (non-hydrogen) atoms. The van der Waals surface area contributed by atoms with E-state index in [1.165, 1.54) is 68.9 Å². The molecular weight excluding hydrogens is 344 g/mol. The van der Waals surface area contributed by atoms with Crippen LogP contribution in [0.1, 0.15) is 95.1 Å². The van der Waals surface area contributed by atoms with Crippen molar-refractivity contribution < 1.29 is 10.2 Å². The van der Waals surface area contributed by atoms with Gasteiger partial charge in [0.1, 0.15) is 11.5 Å². The number of phenolic OH excluding ortho intramolecular Hbond substituents is 2. The smallest absolute Gasteiger partial charge is 0.115 e. The fourth-order valence-electron chi connectivity index (χ4n) is 3.41. The first-order chi connectivity index (χ1) is 13.6. The maximum absolute atomic E-state index is 9.53. The molecule has 0 amide bonds. The lowest BCUT2D eigenvalue weighted by atomic mass is 9.86. The Morgan fingerprint density at radius 3 is 1.50 bits per heavy atom. The average Bonchev–Trinajstić information content (AvgIpc) is 3.49. The fourth-order valence-corrected chi connectivity index (χ4v) is 3.41. The molecule has 2 aromatic rings. The Morgan fingerprint density at radius 1 is 0.714 bits per heavy atom. The van der Waals surface area contributed by atoms with Crippen molar-refractivity contribution in [3.63, 3.8) is 0 Å². The first-order valence-electron chi connectivity index (χ1n) is 11.2. The molecule has 0 heterocycles. The molecule has 2 N–H and O–H groups in total. The summed E-state index contributed by atoms with van der Waals surface area (Å²) in [5, 5.41) is 19.1. The van der Waals surface area contributed by atoms with Crippen molar-refractivity contribution in [1.82, 2.24) is 0 Å². The van der Waals surface area contributed by atoms with Gasteiger partial charge >= 0.3 is 0 Å². The van der Waals surface area contributed by atoms with Crippen LogP contribution in [0.15, 0.2) is 48.5 Å². The van der Waals surface area contributed by atoms with E-state index in [0.717, 1.165) is 12.3 Å². The van der Waals surface area contributed by atoms with Crippen molar-refractivity contribution in [3.8, 4) is 11.5 Å². The largest absolute Gasteiger partial charge is 0.508 e. The first-order valence-corrected chi connectivity index (χ1v) is 11.2. The lowest BCUT2D eigenvalue weighted by molar-refractivity contribution is 0.474. The van der Waals surface area contributed by atoms with Gasteiger partial charge in [-0.3, -0.25) is 0 Å². The van der Waals surface area contributed by atoms with Gasteiger partial charge in [-0.1, -0.05) is 95.9 Å². The van der Waals surface area contributed by atoms with Crippen molar-refractivity contribution in [2.24, 2.45) is 5.92 Å². The van der Waals surface area contributed by atoms with Crippen LogP contribution >= 0.6 is 0 Å². The van der Waals surface area contributed by atoms with Crippen LogP contribution in [0.2, 0.25) is 0 Å². The molecule has 0 bridgehead atoms. The van der Waals surface area contributed by atoms with Gasteiger partial charge in [0.15, 0.2) is 0 Å². The Balaban J connectivity index is 0.000000620. The highest BCUT2D eigenvalue weighted by atomic mass is 16.3. The van der Waals surface area contributed by atoms with Crippen LogP contribution in [-0.4, -0.2) is 10.2 Å². The molecule has 0 atom stereocenters. The van der Waals surface area contributed by atoms with Crippen molar-refractivity contribution in [2.45, 2.75) is 84.0 Å². The van der Waals surface area contributed by atoms with Gasteiger partial charge in [-0.15, -0.1) is 0 Å². The normalized spacial score (nSPS) is 13.2. The Kier molecular flexibility index (Phi) is 9.96. The second-order valence-corrected chi connectivity index (χ2v) is 8.33. The van der Waals surface area contributed by atoms with E-state index in [4.69, 9.17) is 0 Å². The van der Waals surface area contributed by atoms with E-state index < -0.39 is 0 Å². The van der Waals surface area contributed by atoms with Crippen molar-refractivity contribution in [3.05, 3.63) is 59.7 Å². The van der Waals surface area contributed by atoms with E-state index in [1.807, 2.05) is 24.3 Å². The average molecular weight is 383 g/mol. The van der Waals surface area contributed by atoms with Gasteiger partial charge in [0.2, 0.25) is 0 Å². The molecule has 0 aliphatic heterocycles. The van der Waals surface area contributed by atoms with E-state index in [2.05, 4.69) is 13.8 Å². The standard InChI is InChI=1S/C22H30O2.C4H8/c1-2-3-4-5-6-7-8-9-22(18-10-14-20(23)15-11-18)19-12-16-21(24)17-13-19;1-4-2-3-4/h10-17,22-24H,2-9H2,1H3;4H,2-3H2,1H3. The Hall–Kier alpha value is -1.96. The van der Waals surface area contributed by atoms with Crippen molar-refractivity contribution in [1.29, 1.82) is 0 Å². The SMILES string of the molecule is CC1CC1.CCCCCCCCCC(c1ccc(O)cc1)c1ccc(O)cc1. The van der Waals surface area contributed by atoms with E-state index >= 15 is 0 Å². The maximum atomic E-state index is 9.53. The van der Waals surface area contributed by atoms with Crippen LogP contribution in [0.25, 0.3) is 0 Å². The predicted octanol–water partition coefficient (Wildman–Crippen LogP) is 7.79. The molecule has 1 aliphatic rings. The van der Waals surface area contributed by atoms with Crippen molar-refractivity contribution in [2.75, 3.05) is 0 Å². The molecule has 154 valence electrons. The topological polar surface area (TPSA) is 40.5 Å². The lowest BCUT2D eigenvalue weighted by Gasteiger charge is -2.18. The minimum atomic E-state index is 0.305. The molecular formula is C26H38O2. The molecule has 0 aromatic heterocycles. The number of phenols is 2. The predicted molar refractivity (Wildman–Crippen MR) is 119 cm³/mol. The zero-order valence-corrected chi connectivity index (χ0v) is 17.7. The van der Waals surface area contributed by atoms with Crippen LogP contribution in [0.5, 0.6) is 11.5 Å². The van der Waals surface area contributed by atoms with E-state index in [9.17, 15) is 10.2 Å². The summed E-state index contributed by atoms with van der Waals surface area (Å²) in [6.07, 6.45) is 13.2. The van der Waals surface area contributed by atoms with Crippen LogP contribution in [0.4, 0.5) is 0 Å². The quantitative estimate of drug-likeness (QED) is 0.412. The van der Waals surface area contributed by atoms with Crippen LogP contribution in [0.3, 0.4) is 0 Å². The van der Waals surface area contributed by atoms with Gasteiger partial charge < -0.3 is 10.2 Å². The Morgan fingerprint density at radius 2 is 1.11 bits per heavy atom. The highest BCUT2D eigenvalue weighted by molar-refractivity contribution is 5.37. The minimum Gasteiger partial charge on any atom is -0.508 e. The molecule has 2 nitrogen and oxygen atoms in total. The summed E-state index contributed by atoms with van der Waals surface area (Å²) in [5.74, 6) is 2.01. The van der Waals surface area contributed by atoms with Crippen LogP contribution in [0, 0.1) is 5.92 Å². The second kappa shape index (κ2) is 12.5. The zero-order valence-electron chi connectivity index (χ0n) is 17.7. The maximum Gasteiger partial charge on any atom is 0.115 e. The number of benzene rings is 2. The third-order valence-corrected chi connectivity index (χ3v) is 5.55. The van der Waals surface area contributed by atoms with Gasteiger partial charge in [0.05, 0.1) is 0 Å².